The van der Waals surface area contributed by atoms with Crippen LogP contribution in [-0.4, -0.2) is 48.2 Å². The van der Waals surface area contributed by atoms with E-state index in [9.17, 15) is 19.2 Å². The second-order valence-electron chi connectivity index (χ2n) is 9.62. The summed E-state index contributed by atoms with van der Waals surface area (Å²) in [6.45, 7) is 1.55. The van der Waals surface area contributed by atoms with Crippen molar-refractivity contribution in [1.82, 2.24) is 4.90 Å². The molecule has 1 aliphatic heterocycles. The minimum absolute atomic E-state index is 0.103. The molecule has 0 radical (unpaired) electrons. The van der Waals surface area contributed by atoms with Crippen molar-refractivity contribution in [3.8, 4) is 5.75 Å². The highest BCUT2D eigenvalue weighted by molar-refractivity contribution is 6.09. The lowest BCUT2D eigenvalue weighted by molar-refractivity contribution is -0.158. The molecule has 0 aromatic heterocycles. The van der Waals surface area contributed by atoms with Gasteiger partial charge in [0.15, 0.2) is 12.4 Å². The van der Waals surface area contributed by atoms with E-state index < -0.39 is 18.6 Å². The van der Waals surface area contributed by atoms with Gasteiger partial charge in [0.1, 0.15) is 11.8 Å². The van der Waals surface area contributed by atoms with Gasteiger partial charge in [-0.2, -0.15) is 0 Å². The Hall–Kier alpha value is -2.96. The molecule has 7 heteroatoms. The van der Waals surface area contributed by atoms with E-state index in [1.807, 2.05) is 6.92 Å². The highest BCUT2D eigenvalue weighted by Crippen LogP contribution is 2.65. The number of likely N-dealkylation sites (tertiary alicyclic amines) is 1. The molecule has 2 saturated carbocycles. The Morgan fingerprint density at radius 3 is 2.18 bits per heavy atom. The average Bonchev–Trinajstić information content (AvgIpc) is 3.62. The predicted molar refractivity (Wildman–Crippen MR) is 118 cm³/mol. The number of rotatable bonds is 9. The third-order valence-corrected chi connectivity index (χ3v) is 7.87. The number of esters is 1. The van der Waals surface area contributed by atoms with Gasteiger partial charge in [-0.1, -0.05) is 31.9 Å². The average molecular weight is 452 g/mol. The minimum Gasteiger partial charge on any atom is -0.497 e. The fraction of sp³-hybridized carbons (Fsp3) is 0.538. The van der Waals surface area contributed by atoms with Crippen LogP contribution in [0.2, 0.25) is 0 Å². The first-order chi connectivity index (χ1) is 16.0. The highest BCUT2D eigenvalue weighted by Gasteiger charge is 2.67. The van der Waals surface area contributed by atoms with Crippen LogP contribution < -0.4 is 4.74 Å². The molecule has 33 heavy (non-hydrogen) atoms. The first-order valence-corrected chi connectivity index (χ1v) is 11.8. The number of ketones is 1. The van der Waals surface area contributed by atoms with Crippen molar-refractivity contribution >= 4 is 23.6 Å². The summed E-state index contributed by atoms with van der Waals surface area (Å²) in [5, 5.41) is 0. The number of allylic oxidation sites excluding steroid dienone is 2. The summed E-state index contributed by atoms with van der Waals surface area (Å²) >= 11 is 0. The lowest BCUT2D eigenvalue weighted by atomic mass is 9.63. The van der Waals surface area contributed by atoms with E-state index in [4.69, 9.17) is 9.47 Å². The van der Waals surface area contributed by atoms with E-state index in [0.29, 0.717) is 36.0 Å². The van der Waals surface area contributed by atoms with Crippen molar-refractivity contribution in [2.75, 3.05) is 13.7 Å². The van der Waals surface area contributed by atoms with Crippen LogP contribution in [0.3, 0.4) is 0 Å². The largest absolute Gasteiger partial charge is 0.497 e. The number of unbranched alkanes of at least 4 members (excludes halogenated alkanes) is 1. The maximum absolute atomic E-state index is 13.4. The summed E-state index contributed by atoms with van der Waals surface area (Å²) in [5.41, 5.74) is 0.398. The number of nitrogens with zero attached hydrogens (tertiary/aromatic N) is 1. The van der Waals surface area contributed by atoms with Crippen LogP contribution in [0, 0.1) is 35.5 Å². The summed E-state index contributed by atoms with van der Waals surface area (Å²) in [5.74, 6) is -0.394. The van der Waals surface area contributed by atoms with Crippen LogP contribution >= 0.6 is 0 Å². The zero-order valence-corrected chi connectivity index (χ0v) is 18.9. The van der Waals surface area contributed by atoms with Gasteiger partial charge >= 0.3 is 5.97 Å². The Morgan fingerprint density at radius 1 is 1.03 bits per heavy atom. The van der Waals surface area contributed by atoms with Gasteiger partial charge in [-0.3, -0.25) is 19.3 Å². The number of carbonyl (C=O) groups is 4. The van der Waals surface area contributed by atoms with Gasteiger partial charge in [-0.25, -0.2) is 4.79 Å². The van der Waals surface area contributed by atoms with Gasteiger partial charge in [-0.15, -0.1) is 0 Å². The monoisotopic (exact) mass is 451 g/mol. The number of benzene rings is 1. The SMILES string of the molecule is CCCC[C@H](C(=O)OCC(=O)c1ccc(OC)cc1)N1C(=O)[C@@H]2[C@H]3C=C[C@@H]([C@@H]4C[C@@H]34)[C@H]2C1=O. The van der Waals surface area contributed by atoms with Crippen LogP contribution in [0.15, 0.2) is 36.4 Å². The highest BCUT2D eigenvalue weighted by atomic mass is 16.5. The number of ether oxygens (including phenoxy) is 2. The van der Waals surface area contributed by atoms with Crippen molar-refractivity contribution in [3.63, 3.8) is 0 Å². The minimum atomic E-state index is -0.977. The maximum atomic E-state index is 13.4. The van der Waals surface area contributed by atoms with Crippen LogP contribution in [0.5, 0.6) is 5.75 Å². The van der Waals surface area contributed by atoms with Gasteiger partial charge < -0.3 is 9.47 Å². The quantitative estimate of drug-likeness (QED) is 0.248. The third-order valence-electron chi connectivity index (χ3n) is 7.87. The molecule has 1 saturated heterocycles. The number of methoxy groups -OCH3 is 1. The molecule has 2 amide bonds. The van der Waals surface area contributed by atoms with Crippen LogP contribution in [-0.2, 0) is 19.1 Å². The molecule has 5 aliphatic rings. The Balaban J connectivity index is 1.30. The molecule has 4 aliphatic carbocycles. The molecule has 0 spiro atoms. The molecule has 1 heterocycles. The van der Waals surface area contributed by atoms with Crippen LogP contribution in [0.4, 0.5) is 0 Å². The summed E-state index contributed by atoms with van der Waals surface area (Å²) < 4.78 is 10.4. The van der Waals surface area contributed by atoms with E-state index in [2.05, 4.69) is 12.2 Å². The first kappa shape index (κ1) is 21.9. The number of hydrogen-bond donors (Lipinski definition) is 0. The molecule has 2 bridgehead atoms. The van der Waals surface area contributed by atoms with Crippen LogP contribution in [0.1, 0.15) is 43.0 Å². The Labute approximate surface area is 193 Å². The molecule has 7 atom stereocenters. The van der Waals surface area contributed by atoms with E-state index >= 15 is 0 Å². The molecule has 3 fully saturated rings. The number of amides is 2. The van der Waals surface area contributed by atoms with Gasteiger partial charge in [0.05, 0.1) is 18.9 Å². The van der Waals surface area contributed by atoms with E-state index in [1.54, 1.807) is 24.3 Å². The molecule has 1 aromatic carbocycles. The van der Waals surface area contributed by atoms with Gasteiger partial charge in [0.25, 0.3) is 0 Å². The second kappa shape index (κ2) is 8.43. The van der Waals surface area contributed by atoms with E-state index in [1.165, 1.54) is 12.0 Å². The molecule has 7 nitrogen and oxygen atoms in total. The summed E-state index contributed by atoms with van der Waals surface area (Å²) in [7, 11) is 1.54. The molecule has 174 valence electrons. The molecule has 1 aromatic rings. The first-order valence-electron chi connectivity index (χ1n) is 11.8. The van der Waals surface area contributed by atoms with E-state index in [-0.39, 0.29) is 41.3 Å². The molecular formula is C26H29NO6. The second-order valence-corrected chi connectivity index (χ2v) is 9.62. The predicted octanol–water partition coefficient (Wildman–Crippen LogP) is 3.03. The van der Waals surface area contributed by atoms with Crippen molar-refractivity contribution in [2.24, 2.45) is 35.5 Å². The van der Waals surface area contributed by atoms with Crippen molar-refractivity contribution in [1.29, 1.82) is 0 Å². The lowest BCUT2D eigenvalue weighted by Gasteiger charge is -2.37. The number of Topliss-reactive ketones (excluding diaryl/α,β-unsaturated/α-hetero) is 1. The zero-order chi connectivity index (χ0) is 23.3. The molecule has 6 rings (SSSR count). The zero-order valence-electron chi connectivity index (χ0n) is 18.9. The fourth-order valence-electron chi connectivity index (χ4n) is 6.13. The van der Waals surface area contributed by atoms with Gasteiger partial charge in [-0.05, 0) is 60.8 Å². The Kier molecular flexibility index (Phi) is 5.59. The van der Waals surface area contributed by atoms with Gasteiger partial charge in [0.2, 0.25) is 11.8 Å². The summed E-state index contributed by atoms with van der Waals surface area (Å²) in [6, 6.07) is 5.56. The number of imide groups is 1. The standard InChI is InChI=1S/C26H29NO6/c1-3-4-5-20(26(31)33-13-21(28)14-6-8-15(32-2)9-7-14)27-24(29)22-16-10-11-17(19-12-18(16)19)23(22)25(27)30/h6-11,16-20,22-23H,3-5,12-13H2,1-2H3/t16-,17-,18-,19-,20+,22+,23+/m0/s1. The Bertz CT molecular complexity index is 978. The normalized spacial score (nSPS) is 31.8. The summed E-state index contributed by atoms with van der Waals surface area (Å²) in [6.07, 6.45) is 7.15. The fourth-order valence-corrected chi connectivity index (χ4v) is 6.13. The van der Waals surface area contributed by atoms with Gasteiger partial charge in [0, 0.05) is 5.56 Å². The number of hydrogen-bond acceptors (Lipinski definition) is 6. The number of carbonyl (C=O) groups excluding carboxylic acids is 4. The topological polar surface area (TPSA) is 90.0 Å². The van der Waals surface area contributed by atoms with Crippen molar-refractivity contribution in [3.05, 3.63) is 42.0 Å². The van der Waals surface area contributed by atoms with Crippen LogP contribution in [0.25, 0.3) is 0 Å². The summed E-state index contributed by atoms with van der Waals surface area (Å²) in [4.78, 5) is 53.6. The van der Waals surface area contributed by atoms with Crippen molar-refractivity contribution < 1.29 is 28.7 Å². The van der Waals surface area contributed by atoms with E-state index in [0.717, 1.165) is 12.8 Å². The molecule has 0 N–H and O–H groups in total. The maximum Gasteiger partial charge on any atom is 0.329 e. The Morgan fingerprint density at radius 2 is 1.64 bits per heavy atom. The smallest absolute Gasteiger partial charge is 0.329 e. The lowest BCUT2D eigenvalue weighted by Crippen LogP contribution is -2.47. The molecule has 0 unspecified atom stereocenters. The third kappa shape index (κ3) is 3.58. The van der Waals surface area contributed by atoms with Crippen molar-refractivity contribution in [2.45, 2.75) is 38.6 Å². The molecular weight excluding hydrogens is 422 g/mol.